The Bertz CT molecular complexity index is 624. The molecule has 0 bridgehead atoms. The van der Waals surface area contributed by atoms with E-state index in [0.29, 0.717) is 5.69 Å². The number of anilines is 1. The molecule has 0 fully saturated rings. The van der Waals surface area contributed by atoms with Crippen molar-refractivity contribution >= 4 is 33.6 Å². The minimum absolute atomic E-state index is 0.175. The molecule has 0 aromatic heterocycles. The number of carbonyl (C=O) groups excluding carboxylic acids is 1. The molecule has 0 spiro atoms. The van der Waals surface area contributed by atoms with Crippen molar-refractivity contribution < 1.29 is 9.53 Å². The number of hydrogen-bond acceptors (Lipinski definition) is 2. The van der Waals surface area contributed by atoms with Gasteiger partial charge in [-0.25, -0.2) is 0 Å². The summed E-state index contributed by atoms with van der Waals surface area (Å²) >= 11 is 3.38. The first kappa shape index (κ1) is 14.3. The second-order valence-corrected chi connectivity index (χ2v) is 4.94. The van der Waals surface area contributed by atoms with Crippen LogP contribution in [0.2, 0.25) is 0 Å². The van der Waals surface area contributed by atoms with Crippen LogP contribution in [0.4, 0.5) is 5.69 Å². The summed E-state index contributed by atoms with van der Waals surface area (Å²) in [5.74, 6) is 0.550. The van der Waals surface area contributed by atoms with Gasteiger partial charge >= 0.3 is 0 Å². The fourth-order valence-electron chi connectivity index (χ4n) is 1.66. The van der Waals surface area contributed by atoms with E-state index in [4.69, 9.17) is 4.74 Å². The summed E-state index contributed by atoms with van der Waals surface area (Å²) in [6.07, 6.45) is 3.28. The lowest BCUT2D eigenvalue weighted by molar-refractivity contribution is -0.111. The van der Waals surface area contributed by atoms with Gasteiger partial charge in [0.05, 0.1) is 11.6 Å². The average Bonchev–Trinajstić information content (AvgIpc) is 2.46. The van der Waals surface area contributed by atoms with Crippen LogP contribution in [0.3, 0.4) is 0 Å². The van der Waals surface area contributed by atoms with E-state index in [-0.39, 0.29) is 5.91 Å². The van der Waals surface area contributed by atoms with Crippen molar-refractivity contribution in [2.75, 3.05) is 12.4 Å². The van der Waals surface area contributed by atoms with E-state index in [2.05, 4.69) is 21.2 Å². The highest BCUT2D eigenvalue weighted by Crippen LogP contribution is 2.27. The zero-order valence-corrected chi connectivity index (χ0v) is 12.6. The molecule has 102 valence electrons. The Morgan fingerprint density at radius 2 is 1.95 bits per heavy atom. The van der Waals surface area contributed by atoms with Gasteiger partial charge in [-0.15, -0.1) is 0 Å². The summed E-state index contributed by atoms with van der Waals surface area (Å²) in [5, 5.41) is 2.79. The summed E-state index contributed by atoms with van der Waals surface area (Å²) < 4.78 is 5.93. The molecule has 0 heterocycles. The molecule has 0 aliphatic rings. The van der Waals surface area contributed by atoms with Gasteiger partial charge in [-0.1, -0.05) is 30.3 Å². The van der Waals surface area contributed by atoms with Gasteiger partial charge in [0.15, 0.2) is 0 Å². The molecule has 0 unspecified atom stereocenters. The second kappa shape index (κ2) is 6.91. The molecule has 0 atom stereocenters. The van der Waals surface area contributed by atoms with Gasteiger partial charge in [0.25, 0.3) is 0 Å². The average molecular weight is 332 g/mol. The fraction of sp³-hybridized carbons (Fsp3) is 0.0625. The minimum Gasteiger partial charge on any atom is -0.496 e. The van der Waals surface area contributed by atoms with E-state index >= 15 is 0 Å². The molecule has 0 saturated carbocycles. The molecule has 0 aliphatic heterocycles. The Morgan fingerprint density at radius 3 is 2.60 bits per heavy atom. The van der Waals surface area contributed by atoms with Crippen molar-refractivity contribution in [3.05, 3.63) is 64.6 Å². The van der Waals surface area contributed by atoms with Crippen LogP contribution in [-0.2, 0) is 4.79 Å². The standard InChI is InChI=1S/C16H14BrNO2/c1-20-15-9-8-13(11-14(15)17)18-16(19)10-7-12-5-3-2-4-6-12/h2-11H,1H3,(H,18,19)/b10-7+. The van der Waals surface area contributed by atoms with Crippen LogP contribution in [0, 0.1) is 0 Å². The van der Waals surface area contributed by atoms with Gasteiger partial charge in [0.1, 0.15) is 5.75 Å². The van der Waals surface area contributed by atoms with Crippen molar-refractivity contribution in [3.8, 4) is 5.75 Å². The SMILES string of the molecule is COc1ccc(NC(=O)/C=C/c2ccccc2)cc1Br. The molecule has 1 amide bonds. The third-order valence-electron chi connectivity index (χ3n) is 2.65. The Morgan fingerprint density at radius 1 is 1.20 bits per heavy atom. The Balaban J connectivity index is 2.01. The maximum Gasteiger partial charge on any atom is 0.248 e. The highest BCUT2D eigenvalue weighted by Gasteiger charge is 2.03. The van der Waals surface area contributed by atoms with E-state index < -0.39 is 0 Å². The van der Waals surface area contributed by atoms with Crippen molar-refractivity contribution in [2.24, 2.45) is 0 Å². The molecule has 4 heteroatoms. The molecule has 2 aromatic rings. The first-order chi connectivity index (χ1) is 9.69. The Hall–Kier alpha value is -2.07. The lowest BCUT2D eigenvalue weighted by atomic mass is 10.2. The first-order valence-corrected chi connectivity index (χ1v) is 6.86. The molecule has 0 saturated heterocycles. The molecule has 2 rings (SSSR count). The predicted molar refractivity (Wildman–Crippen MR) is 84.8 cm³/mol. The Labute approximate surface area is 126 Å². The van der Waals surface area contributed by atoms with Crippen molar-refractivity contribution in [2.45, 2.75) is 0 Å². The Kier molecular flexibility index (Phi) is 4.96. The predicted octanol–water partition coefficient (Wildman–Crippen LogP) is 4.11. The van der Waals surface area contributed by atoms with Gasteiger partial charge in [0.2, 0.25) is 5.91 Å². The quantitative estimate of drug-likeness (QED) is 0.856. The zero-order valence-electron chi connectivity index (χ0n) is 11.0. The van der Waals surface area contributed by atoms with E-state index in [1.54, 1.807) is 31.4 Å². The van der Waals surface area contributed by atoms with Crippen LogP contribution in [0.15, 0.2) is 59.1 Å². The van der Waals surface area contributed by atoms with Gasteiger partial charge in [-0.3, -0.25) is 4.79 Å². The third-order valence-corrected chi connectivity index (χ3v) is 3.27. The van der Waals surface area contributed by atoms with E-state index in [1.165, 1.54) is 6.08 Å². The van der Waals surface area contributed by atoms with Crippen LogP contribution in [0.5, 0.6) is 5.75 Å². The number of rotatable bonds is 4. The van der Waals surface area contributed by atoms with Gasteiger partial charge < -0.3 is 10.1 Å². The van der Waals surface area contributed by atoms with E-state index in [9.17, 15) is 4.79 Å². The topological polar surface area (TPSA) is 38.3 Å². The number of amides is 1. The van der Waals surface area contributed by atoms with Gasteiger partial charge in [-0.2, -0.15) is 0 Å². The van der Waals surface area contributed by atoms with Crippen LogP contribution < -0.4 is 10.1 Å². The molecule has 3 nitrogen and oxygen atoms in total. The molecule has 20 heavy (non-hydrogen) atoms. The number of methoxy groups -OCH3 is 1. The smallest absolute Gasteiger partial charge is 0.248 e. The molecular weight excluding hydrogens is 318 g/mol. The summed E-state index contributed by atoms with van der Waals surface area (Å²) in [6.45, 7) is 0. The monoisotopic (exact) mass is 331 g/mol. The van der Waals surface area contributed by atoms with Gasteiger partial charge in [0, 0.05) is 11.8 Å². The van der Waals surface area contributed by atoms with E-state index in [0.717, 1.165) is 15.8 Å². The van der Waals surface area contributed by atoms with Crippen molar-refractivity contribution in [1.29, 1.82) is 0 Å². The highest BCUT2D eigenvalue weighted by atomic mass is 79.9. The molecule has 2 aromatic carbocycles. The number of nitrogens with one attached hydrogen (secondary N) is 1. The minimum atomic E-state index is -0.175. The molecule has 0 aliphatic carbocycles. The van der Waals surface area contributed by atoms with Crippen LogP contribution in [0.1, 0.15) is 5.56 Å². The zero-order chi connectivity index (χ0) is 14.4. The van der Waals surface area contributed by atoms with Crippen LogP contribution in [0.25, 0.3) is 6.08 Å². The number of halogens is 1. The lowest BCUT2D eigenvalue weighted by Crippen LogP contribution is -2.07. The normalized spacial score (nSPS) is 10.5. The maximum absolute atomic E-state index is 11.8. The number of benzene rings is 2. The molecular formula is C16H14BrNO2. The van der Waals surface area contributed by atoms with Crippen molar-refractivity contribution in [1.82, 2.24) is 0 Å². The maximum atomic E-state index is 11.8. The fourth-order valence-corrected chi connectivity index (χ4v) is 2.20. The lowest BCUT2D eigenvalue weighted by Gasteiger charge is -2.06. The molecule has 1 N–H and O–H groups in total. The third kappa shape index (κ3) is 3.96. The highest BCUT2D eigenvalue weighted by molar-refractivity contribution is 9.10. The van der Waals surface area contributed by atoms with E-state index in [1.807, 2.05) is 30.3 Å². The summed E-state index contributed by atoms with van der Waals surface area (Å²) in [4.78, 5) is 11.8. The summed E-state index contributed by atoms with van der Waals surface area (Å²) in [5.41, 5.74) is 1.69. The van der Waals surface area contributed by atoms with Gasteiger partial charge in [-0.05, 0) is 45.8 Å². The number of ether oxygens (including phenoxy) is 1. The number of carbonyl (C=O) groups is 1. The second-order valence-electron chi connectivity index (χ2n) is 4.08. The first-order valence-electron chi connectivity index (χ1n) is 6.06. The number of hydrogen-bond donors (Lipinski definition) is 1. The summed E-state index contributed by atoms with van der Waals surface area (Å²) in [6, 6.07) is 15.1. The van der Waals surface area contributed by atoms with Crippen molar-refractivity contribution in [3.63, 3.8) is 0 Å². The largest absolute Gasteiger partial charge is 0.496 e. The summed E-state index contributed by atoms with van der Waals surface area (Å²) in [7, 11) is 1.60. The van der Waals surface area contributed by atoms with Crippen LogP contribution in [-0.4, -0.2) is 13.0 Å². The molecule has 0 radical (unpaired) electrons. The van der Waals surface area contributed by atoms with Crippen LogP contribution >= 0.6 is 15.9 Å².